The van der Waals surface area contributed by atoms with Gasteiger partial charge in [0, 0.05) is 18.3 Å². The number of nitrogens with zero attached hydrogens (tertiary/aromatic N) is 3. The molecule has 3 atom stereocenters. The molecule has 2 bridgehead atoms. The number of fused-ring (bicyclic) bond motifs is 2. The highest BCUT2D eigenvalue weighted by molar-refractivity contribution is 5.76. The standard InChI is InChI=1S/C16H23N3O2/c1-10-17-8-7-14(18-10)19-11-5-6-13(19)12(9-11)15(20)21-16(2,3)4/h7-8,11-13H,5-6,9H2,1-4H3/t11-,12+,13-/m0/s1. The lowest BCUT2D eigenvalue weighted by Crippen LogP contribution is -2.37. The quantitative estimate of drug-likeness (QED) is 0.783. The molecule has 114 valence electrons. The Bertz CT molecular complexity index is 553. The third-order valence-corrected chi connectivity index (χ3v) is 4.27. The molecule has 5 heteroatoms. The zero-order chi connectivity index (χ0) is 15.2. The lowest BCUT2D eigenvalue weighted by atomic mass is 9.89. The highest BCUT2D eigenvalue weighted by atomic mass is 16.6. The number of ether oxygens (including phenoxy) is 1. The van der Waals surface area contributed by atoms with Crippen molar-refractivity contribution >= 4 is 11.8 Å². The summed E-state index contributed by atoms with van der Waals surface area (Å²) in [6.07, 6.45) is 4.84. The Kier molecular flexibility index (Phi) is 3.38. The number of carbonyl (C=O) groups is 1. The molecule has 3 heterocycles. The van der Waals surface area contributed by atoms with Crippen molar-refractivity contribution in [3.63, 3.8) is 0 Å². The van der Waals surface area contributed by atoms with Crippen LogP contribution in [0.1, 0.15) is 45.9 Å². The zero-order valence-electron chi connectivity index (χ0n) is 13.2. The smallest absolute Gasteiger partial charge is 0.311 e. The Morgan fingerprint density at radius 3 is 2.81 bits per heavy atom. The molecule has 3 rings (SSSR count). The van der Waals surface area contributed by atoms with Gasteiger partial charge in [-0.05, 0) is 53.0 Å². The molecule has 0 aromatic carbocycles. The monoisotopic (exact) mass is 289 g/mol. The summed E-state index contributed by atoms with van der Waals surface area (Å²) in [7, 11) is 0. The maximum atomic E-state index is 12.4. The Labute approximate surface area is 125 Å². The number of hydrogen-bond donors (Lipinski definition) is 0. The highest BCUT2D eigenvalue weighted by Gasteiger charge is 2.50. The lowest BCUT2D eigenvalue weighted by Gasteiger charge is -2.27. The van der Waals surface area contributed by atoms with Crippen molar-refractivity contribution in [2.45, 2.75) is 64.6 Å². The summed E-state index contributed by atoms with van der Waals surface area (Å²) >= 11 is 0. The second-order valence-electron chi connectivity index (χ2n) is 7.04. The number of carbonyl (C=O) groups excluding carboxylic acids is 1. The Morgan fingerprint density at radius 2 is 2.14 bits per heavy atom. The minimum Gasteiger partial charge on any atom is -0.460 e. The van der Waals surface area contributed by atoms with Gasteiger partial charge in [0.25, 0.3) is 0 Å². The van der Waals surface area contributed by atoms with Crippen LogP contribution in [-0.2, 0) is 9.53 Å². The van der Waals surface area contributed by atoms with E-state index in [9.17, 15) is 4.79 Å². The summed E-state index contributed by atoms with van der Waals surface area (Å²) in [5.41, 5.74) is -0.421. The number of aryl methyl sites for hydroxylation is 1. The Hall–Kier alpha value is -1.65. The SMILES string of the molecule is Cc1nccc(N2[C@H]3CC[C@H]2[C@H](C(=O)OC(C)(C)C)C3)n1. The van der Waals surface area contributed by atoms with Crippen LogP contribution in [0.25, 0.3) is 0 Å². The van der Waals surface area contributed by atoms with Crippen molar-refractivity contribution in [1.29, 1.82) is 0 Å². The van der Waals surface area contributed by atoms with Gasteiger partial charge in [0.05, 0.1) is 5.92 Å². The van der Waals surface area contributed by atoms with E-state index in [4.69, 9.17) is 4.74 Å². The largest absolute Gasteiger partial charge is 0.460 e. The predicted molar refractivity (Wildman–Crippen MR) is 80.0 cm³/mol. The van der Waals surface area contributed by atoms with Crippen molar-refractivity contribution < 1.29 is 9.53 Å². The van der Waals surface area contributed by atoms with Crippen LogP contribution in [-0.4, -0.2) is 33.6 Å². The van der Waals surface area contributed by atoms with E-state index in [1.807, 2.05) is 33.8 Å². The van der Waals surface area contributed by atoms with Crippen LogP contribution in [0.15, 0.2) is 12.3 Å². The van der Waals surface area contributed by atoms with Crippen LogP contribution < -0.4 is 4.90 Å². The van der Waals surface area contributed by atoms with E-state index in [0.717, 1.165) is 30.9 Å². The molecule has 0 saturated carbocycles. The number of anilines is 1. The third kappa shape index (κ3) is 2.74. The summed E-state index contributed by atoms with van der Waals surface area (Å²) in [5.74, 6) is 1.62. The van der Waals surface area contributed by atoms with Crippen LogP contribution in [0.4, 0.5) is 5.82 Å². The van der Waals surface area contributed by atoms with E-state index in [2.05, 4.69) is 14.9 Å². The maximum absolute atomic E-state index is 12.4. The first-order valence-electron chi connectivity index (χ1n) is 7.66. The summed E-state index contributed by atoms with van der Waals surface area (Å²) in [4.78, 5) is 23.4. The van der Waals surface area contributed by atoms with Gasteiger partial charge in [-0.3, -0.25) is 4.79 Å². The molecule has 0 N–H and O–H groups in total. The van der Waals surface area contributed by atoms with Crippen molar-refractivity contribution in [3.8, 4) is 0 Å². The average Bonchev–Trinajstić information content (AvgIpc) is 2.94. The van der Waals surface area contributed by atoms with Gasteiger partial charge < -0.3 is 9.64 Å². The maximum Gasteiger partial charge on any atom is 0.311 e. The number of hydrogen-bond acceptors (Lipinski definition) is 5. The van der Waals surface area contributed by atoms with E-state index in [0.29, 0.717) is 6.04 Å². The van der Waals surface area contributed by atoms with E-state index >= 15 is 0 Å². The molecule has 1 aromatic heterocycles. The summed E-state index contributed by atoms with van der Waals surface area (Å²) in [6.45, 7) is 7.66. The number of aromatic nitrogens is 2. The number of rotatable bonds is 2. The fourth-order valence-corrected chi connectivity index (χ4v) is 3.56. The molecule has 2 aliphatic heterocycles. The molecular weight excluding hydrogens is 266 g/mol. The van der Waals surface area contributed by atoms with Crippen molar-refractivity contribution in [1.82, 2.24) is 9.97 Å². The lowest BCUT2D eigenvalue weighted by molar-refractivity contribution is -0.160. The van der Waals surface area contributed by atoms with E-state index in [1.165, 1.54) is 0 Å². The second-order valence-corrected chi connectivity index (χ2v) is 7.04. The molecule has 1 aromatic rings. The summed E-state index contributed by atoms with van der Waals surface area (Å²) in [6, 6.07) is 2.57. The van der Waals surface area contributed by atoms with Gasteiger partial charge >= 0.3 is 5.97 Å². The van der Waals surface area contributed by atoms with Crippen molar-refractivity contribution in [2.75, 3.05) is 4.90 Å². The molecule has 0 spiro atoms. The molecule has 0 radical (unpaired) electrons. The fraction of sp³-hybridized carbons (Fsp3) is 0.688. The first-order chi connectivity index (χ1) is 9.85. The number of esters is 1. The van der Waals surface area contributed by atoms with Gasteiger partial charge in [-0.25, -0.2) is 9.97 Å². The van der Waals surface area contributed by atoms with Crippen LogP contribution in [0, 0.1) is 12.8 Å². The van der Waals surface area contributed by atoms with Gasteiger partial charge in [-0.1, -0.05) is 0 Å². The fourth-order valence-electron chi connectivity index (χ4n) is 3.56. The van der Waals surface area contributed by atoms with Crippen LogP contribution >= 0.6 is 0 Å². The zero-order valence-corrected chi connectivity index (χ0v) is 13.2. The van der Waals surface area contributed by atoms with E-state index in [1.54, 1.807) is 6.20 Å². The average molecular weight is 289 g/mol. The topological polar surface area (TPSA) is 55.3 Å². The van der Waals surface area contributed by atoms with Gasteiger partial charge in [-0.15, -0.1) is 0 Å². The van der Waals surface area contributed by atoms with Crippen LogP contribution in [0.2, 0.25) is 0 Å². The molecule has 0 aliphatic carbocycles. The molecular formula is C16H23N3O2. The second kappa shape index (κ2) is 4.97. The predicted octanol–water partition coefficient (Wildman–Crippen LogP) is 2.48. The molecule has 2 aliphatic rings. The van der Waals surface area contributed by atoms with Gasteiger partial charge in [0.15, 0.2) is 0 Å². The highest BCUT2D eigenvalue weighted by Crippen LogP contribution is 2.44. The summed E-state index contributed by atoms with van der Waals surface area (Å²) < 4.78 is 5.58. The van der Waals surface area contributed by atoms with Gasteiger partial charge in [-0.2, -0.15) is 0 Å². The van der Waals surface area contributed by atoms with Crippen LogP contribution in [0.5, 0.6) is 0 Å². The molecule has 2 saturated heterocycles. The van der Waals surface area contributed by atoms with Crippen molar-refractivity contribution in [2.24, 2.45) is 5.92 Å². The van der Waals surface area contributed by atoms with Gasteiger partial charge in [0.1, 0.15) is 17.2 Å². The minimum absolute atomic E-state index is 0.0294. The Morgan fingerprint density at radius 1 is 1.38 bits per heavy atom. The minimum atomic E-state index is -0.421. The first-order valence-corrected chi connectivity index (χ1v) is 7.66. The molecule has 2 fully saturated rings. The molecule has 21 heavy (non-hydrogen) atoms. The van der Waals surface area contributed by atoms with Crippen molar-refractivity contribution in [3.05, 3.63) is 18.1 Å². The normalized spacial score (nSPS) is 28.0. The van der Waals surface area contributed by atoms with Gasteiger partial charge in [0.2, 0.25) is 0 Å². The van der Waals surface area contributed by atoms with Crippen LogP contribution in [0.3, 0.4) is 0 Å². The third-order valence-electron chi connectivity index (χ3n) is 4.27. The first kappa shape index (κ1) is 14.3. The summed E-state index contributed by atoms with van der Waals surface area (Å²) in [5, 5.41) is 0. The van der Waals surface area contributed by atoms with E-state index in [-0.39, 0.29) is 17.9 Å². The molecule has 0 unspecified atom stereocenters. The Balaban J connectivity index is 1.80. The van der Waals surface area contributed by atoms with E-state index < -0.39 is 5.60 Å². The molecule has 5 nitrogen and oxygen atoms in total. The molecule has 0 amide bonds.